The molecule has 2 amide bonds. The summed E-state index contributed by atoms with van der Waals surface area (Å²) in [5, 5.41) is 13.7. The van der Waals surface area contributed by atoms with Gasteiger partial charge >= 0.3 is 0 Å². The molecule has 9 heteroatoms. The molecule has 1 aliphatic heterocycles. The number of aryl methyl sites for hydroxylation is 1. The molecule has 0 unspecified atom stereocenters. The van der Waals surface area contributed by atoms with Crippen LogP contribution in [0.1, 0.15) is 26.3 Å². The first-order valence-corrected chi connectivity index (χ1v) is 10.5. The summed E-state index contributed by atoms with van der Waals surface area (Å²) >= 11 is 0. The molecule has 33 heavy (non-hydrogen) atoms. The Morgan fingerprint density at radius 2 is 1.67 bits per heavy atom. The van der Waals surface area contributed by atoms with E-state index in [1.807, 2.05) is 37.3 Å². The Morgan fingerprint density at radius 3 is 2.27 bits per heavy atom. The molecule has 1 saturated heterocycles. The van der Waals surface area contributed by atoms with E-state index in [1.54, 1.807) is 17.2 Å². The third-order valence-electron chi connectivity index (χ3n) is 5.61. The van der Waals surface area contributed by atoms with Gasteiger partial charge in [0.2, 0.25) is 0 Å². The van der Waals surface area contributed by atoms with Crippen LogP contribution >= 0.6 is 0 Å². The SMILES string of the molecule is Cc1ccccc1C(=O)Nc1ccc(N2CCN(C(=O)c3ccc([N+](=O)[O-])cc3)CC2)nc1. The molecule has 0 saturated carbocycles. The highest BCUT2D eigenvalue weighted by Crippen LogP contribution is 2.19. The smallest absolute Gasteiger partial charge is 0.269 e. The van der Waals surface area contributed by atoms with Gasteiger partial charge in [-0.1, -0.05) is 18.2 Å². The monoisotopic (exact) mass is 445 g/mol. The number of nitro groups is 1. The molecule has 9 nitrogen and oxygen atoms in total. The minimum atomic E-state index is -0.487. The number of nitrogens with one attached hydrogen (secondary N) is 1. The van der Waals surface area contributed by atoms with Gasteiger partial charge in [-0.05, 0) is 42.8 Å². The fraction of sp³-hybridized carbons (Fsp3) is 0.208. The number of nitro benzene ring substituents is 1. The van der Waals surface area contributed by atoms with Crippen LogP contribution in [0.25, 0.3) is 0 Å². The van der Waals surface area contributed by atoms with Gasteiger partial charge < -0.3 is 15.1 Å². The standard InChI is InChI=1S/C24H23N5O4/c1-17-4-2-3-5-21(17)23(30)26-19-8-11-22(25-16-19)27-12-14-28(15-13-27)24(31)18-6-9-20(10-7-18)29(32)33/h2-11,16H,12-15H2,1H3,(H,26,30). The maximum Gasteiger partial charge on any atom is 0.269 e. The van der Waals surface area contributed by atoms with Crippen molar-refractivity contribution in [2.45, 2.75) is 6.92 Å². The van der Waals surface area contributed by atoms with Crippen molar-refractivity contribution < 1.29 is 14.5 Å². The Kier molecular flexibility index (Phi) is 6.30. The summed E-state index contributed by atoms with van der Waals surface area (Å²) in [6.45, 7) is 4.15. The van der Waals surface area contributed by atoms with Crippen LogP contribution in [0.5, 0.6) is 0 Å². The molecule has 0 bridgehead atoms. The number of hydrogen-bond donors (Lipinski definition) is 1. The summed E-state index contributed by atoms with van der Waals surface area (Å²) in [5.74, 6) is 0.444. The summed E-state index contributed by atoms with van der Waals surface area (Å²) in [4.78, 5) is 43.7. The van der Waals surface area contributed by atoms with Crippen LogP contribution in [0.15, 0.2) is 66.9 Å². The van der Waals surface area contributed by atoms with E-state index >= 15 is 0 Å². The van der Waals surface area contributed by atoms with Crippen molar-refractivity contribution in [3.8, 4) is 0 Å². The zero-order valence-electron chi connectivity index (χ0n) is 18.1. The van der Waals surface area contributed by atoms with Gasteiger partial charge in [-0.2, -0.15) is 0 Å². The predicted octanol–water partition coefficient (Wildman–Crippen LogP) is 3.51. The Labute approximate surface area is 190 Å². The number of aromatic nitrogens is 1. The van der Waals surface area contributed by atoms with Gasteiger partial charge in [0.25, 0.3) is 17.5 Å². The van der Waals surface area contributed by atoms with Crippen LogP contribution in [0.3, 0.4) is 0 Å². The van der Waals surface area contributed by atoms with Gasteiger partial charge in [-0.3, -0.25) is 19.7 Å². The van der Waals surface area contributed by atoms with Gasteiger partial charge in [-0.25, -0.2) is 4.98 Å². The Hall–Kier alpha value is -4.27. The van der Waals surface area contributed by atoms with Gasteiger partial charge in [0.15, 0.2) is 0 Å². The Morgan fingerprint density at radius 1 is 0.970 bits per heavy atom. The molecular formula is C24H23N5O4. The number of pyridine rings is 1. The molecule has 0 atom stereocenters. The fourth-order valence-electron chi connectivity index (χ4n) is 3.72. The number of anilines is 2. The molecular weight excluding hydrogens is 422 g/mol. The third kappa shape index (κ3) is 4.98. The van der Waals surface area contributed by atoms with E-state index in [0.717, 1.165) is 11.4 Å². The highest BCUT2D eigenvalue weighted by molar-refractivity contribution is 6.05. The molecule has 1 aromatic heterocycles. The number of amides is 2. The second-order valence-corrected chi connectivity index (χ2v) is 7.76. The summed E-state index contributed by atoms with van der Waals surface area (Å²) < 4.78 is 0. The number of non-ortho nitro benzene ring substituents is 1. The lowest BCUT2D eigenvalue weighted by atomic mass is 10.1. The first-order chi connectivity index (χ1) is 15.9. The molecule has 4 rings (SSSR count). The fourth-order valence-corrected chi connectivity index (χ4v) is 3.72. The van der Waals surface area contributed by atoms with Crippen LogP contribution in [0.2, 0.25) is 0 Å². The first kappa shape index (κ1) is 21.9. The lowest BCUT2D eigenvalue weighted by molar-refractivity contribution is -0.384. The molecule has 2 heterocycles. The van der Waals surface area contributed by atoms with E-state index in [9.17, 15) is 19.7 Å². The number of hydrogen-bond acceptors (Lipinski definition) is 6. The van der Waals surface area contributed by atoms with Crippen molar-refractivity contribution >= 4 is 29.0 Å². The zero-order valence-corrected chi connectivity index (χ0v) is 18.1. The van der Waals surface area contributed by atoms with Crippen LogP contribution in [-0.2, 0) is 0 Å². The molecule has 3 aromatic rings. The molecule has 0 radical (unpaired) electrons. The minimum absolute atomic E-state index is 0.0408. The molecule has 2 aromatic carbocycles. The number of nitrogens with zero attached hydrogens (tertiary/aromatic N) is 4. The summed E-state index contributed by atoms with van der Waals surface area (Å²) in [6, 6.07) is 16.7. The number of benzene rings is 2. The van der Waals surface area contributed by atoms with E-state index < -0.39 is 4.92 Å². The zero-order chi connectivity index (χ0) is 23.4. The highest BCUT2D eigenvalue weighted by Gasteiger charge is 2.23. The lowest BCUT2D eigenvalue weighted by Crippen LogP contribution is -2.49. The largest absolute Gasteiger partial charge is 0.353 e. The molecule has 1 N–H and O–H groups in total. The van der Waals surface area contributed by atoms with Crippen molar-refractivity contribution in [2.24, 2.45) is 0 Å². The Bertz CT molecular complexity index is 1170. The van der Waals surface area contributed by atoms with Crippen molar-refractivity contribution in [2.75, 3.05) is 36.4 Å². The molecule has 1 fully saturated rings. The van der Waals surface area contributed by atoms with Crippen LogP contribution in [0.4, 0.5) is 17.2 Å². The van der Waals surface area contributed by atoms with E-state index in [2.05, 4.69) is 15.2 Å². The lowest BCUT2D eigenvalue weighted by Gasteiger charge is -2.35. The molecule has 168 valence electrons. The summed E-state index contributed by atoms with van der Waals surface area (Å²) in [6.07, 6.45) is 1.62. The van der Waals surface area contributed by atoms with E-state index in [4.69, 9.17) is 0 Å². The Balaban J connectivity index is 1.33. The molecule has 0 aliphatic carbocycles. The summed E-state index contributed by atoms with van der Waals surface area (Å²) in [5.41, 5.74) is 2.53. The van der Waals surface area contributed by atoms with Crippen LogP contribution in [0, 0.1) is 17.0 Å². The number of rotatable bonds is 5. The van der Waals surface area contributed by atoms with Gasteiger partial charge in [0.05, 0.1) is 16.8 Å². The van der Waals surface area contributed by atoms with Crippen molar-refractivity contribution in [1.29, 1.82) is 0 Å². The second-order valence-electron chi connectivity index (χ2n) is 7.76. The normalized spacial score (nSPS) is 13.5. The van der Waals surface area contributed by atoms with E-state index in [-0.39, 0.29) is 17.5 Å². The van der Waals surface area contributed by atoms with E-state index in [1.165, 1.54) is 24.3 Å². The average Bonchev–Trinajstić information content (AvgIpc) is 2.84. The van der Waals surface area contributed by atoms with Crippen LogP contribution < -0.4 is 10.2 Å². The minimum Gasteiger partial charge on any atom is -0.353 e. The van der Waals surface area contributed by atoms with Crippen LogP contribution in [-0.4, -0.2) is 52.8 Å². The molecule has 1 aliphatic rings. The van der Waals surface area contributed by atoms with Crippen molar-refractivity contribution in [3.05, 3.63) is 93.7 Å². The maximum absolute atomic E-state index is 12.7. The quantitative estimate of drug-likeness (QED) is 0.476. The van der Waals surface area contributed by atoms with Crippen molar-refractivity contribution in [3.63, 3.8) is 0 Å². The van der Waals surface area contributed by atoms with Gasteiger partial charge in [-0.15, -0.1) is 0 Å². The number of carbonyl (C=O) groups excluding carboxylic acids is 2. The maximum atomic E-state index is 12.7. The first-order valence-electron chi connectivity index (χ1n) is 10.5. The number of piperazine rings is 1. The number of carbonyl (C=O) groups is 2. The highest BCUT2D eigenvalue weighted by atomic mass is 16.6. The van der Waals surface area contributed by atoms with Gasteiger partial charge in [0, 0.05) is 49.4 Å². The predicted molar refractivity (Wildman–Crippen MR) is 125 cm³/mol. The van der Waals surface area contributed by atoms with Crippen molar-refractivity contribution in [1.82, 2.24) is 9.88 Å². The average molecular weight is 445 g/mol. The molecule has 0 spiro atoms. The summed E-state index contributed by atoms with van der Waals surface area (Å²) in [7, 11) is 0. The topological polar surface area (TPSA) is 109 Å². The third-order valence-corrected chi connectivity index (χ3v) is 5.61. The second kappa shape index (κ2) is 9.47. The van der Waals surface area contributed by atoms with E-state index in [0.29, 0.717) is 43.0 Å². The van der Waals surface area contributed by atoms with Gasteiger partial charge in [0.1, 0.15) is 5.82 Å².